The van der Waals surface area contributed by atoms with E-state index in [1.54, 1.807) is 24.3 Å². The van der Waals surface area contributed by atoms with E-state index in [0.29, 0.717) is 22.3 Å². The molecule has 0 aliphatic heterocycles. The van der Waals surface area contributed by atoms with Crippen LogP contribution in [0.15, 0.2) is 96.4 Å². The van der Waals surface area contributed by atoms with Crippen LogP contribution in [0.5, 0.6) is 11.5 Å². The molecule has 9 nitrogen and oxygen atoms in total. The first-order valence-electron chi connectivity index (χ1n) is 12.9. The molecule has 1 amide bonds. The first kappa shape index (κ1) is 25.9. The lowest BCUT2D eigenvalue weighted by molar-refractivity contribution is 0.0955. The molecular formula is C33H22N6O3. The molecule has 0 fully saturated rings. The standard InChI is InChI=1S/C33H22N6O3/c34-14-19-1-9-29-25(11-19)27(17-36-29)32(28-18-37-30-10-2-20(15-35)12-26(28)30)21-3-5-22(6-4-21)33(42)39-38-16-23-7-8-24(40)13-31(23)41/h1-13,16-18,32,36-37,40-41H,(H,39,42)/b38-16+. The lowest BCUT2D eigenvalue weighted by Gasteiger charge is -2.18. The molecule has 0 aliphatic rings. The fourth-order valence-electron chi connectivity index (χ4n) is 5.12. The summed E-state index contributed by atoms with van der Waals surface area (Å²) in [6, 6.07) is 26.6. The Morgan fingerprint density at radius 2 is 1.40 bits per heavy atom. The summed E-state index contributed by atoms with van der Waals surface area (Å²) in [7, 11) is 0. The van der Waals surface area contributed by atoms with Crippen LogP contribution in [0, 0.1) is 22.7 Å². The van der Waals surface area contributed by atoms with Gasteiger partial charge in [0.2, 0.25) is 0 Å². The van der Waals surface area contributed by atoms with Crippen molar-refractivity contribution in [3.05, 3.63) is 130 Å². The number of hydrazone groups is 1. The zero-order valence-electron chi connectivity index (χ0n) is 22.0. The molecule has 6 aromatic rings. The third kappa shape index (κ3) is 4.79. The molecule has 2 aromatic heterocycles. The second-order valence-electron chi connectivity index (χ2n) is 9.73. The number of carbonyl (C=O) groups is 1. The molecule has 0 spiro atoms. The summed E-state index contributed by atoms with van der Waals surface area (Å²) in [4.78, 5) is 19.4. The molecule has 0 saturated carbocycles. The van der Waals surface area contributed by atoms with Crippen LogP contribution < -0.4 is 5.43 Å². The predicted molar refractivity (Wildman–Crippen MR) is 158 cm³/mol. The zero-order valence-corrected chi connectivity index (χ0v) is 22.0. The summed E-state index contributed by atoms with van der Waals surface area (Å²) in [5, 5.41) is 44.1. The van der Waals surface area contributed by atoms with Gasteiger partial charge in [-0.1, -0.05) is 12.1 Å². The number of aromatic nitrogens is 2. The number of amides is 1. The predicted octanol–water partition coefficient (Wildman–Crippen LogP) is 5.75. The average Bonchev–Trinajstić information content (AvgIpc) is 3.62. The summed E-state index contributed by atoms with van der Waals surface area (Å²) >= 11 is 0. The third-order valence-corrected chi connectivity index (χ3v) is 7.20. The van der Waals surface area contributed by atoms with Gasteiger partial charge >= 0.3 is 0 Å². The van der Waals surface area contributed by atoms with Crippen LogP contribution in [0.4, 0.5) is 0 Å². The summed E-state index contributed by atoms with van der Waals surface area (Å²) < 4.78 is 0. The van der Waals surface area contributed by atoms with E-state index in [1.165, 1.54) is 24.4 Å². The zero-order chi connectivity index (χ0) is 29.2. The second-order valence-corrected chi connectivity index (χ2v) is 9.73. The smallest absolute Gasteiger partial charge is 0.271 e. The highest BCUT2D eigenvalue weighted by Crippen LogP contribution is 2.40. The number of aromatic hydroxyl groups is 2. The third-order valence-electron chi connectivity index (χ3n) is 7.20. The van der Waals surface area contributed by atoms with Crippen LogP contribution in [0.1, 0.15) is 49.7 Å². The number of nitrogens with one attached hydrogen (secondary N) is 3. The van der Waals surface area contributed by atoms with Gasteiger partial charge in [0.05, 0.1) is 29.5 Å². The molecule has 0 aliphatic carbocycles. The Morgan fingerprint density at radius 1 is 0.810 bits per heavy atom. The minimum atomic E-state index is -0.441. The maximum absolute atomic E-state index is 12.8. The van der Waals surface area contributed by atoms with Gasteiger partial charge in [-0.05, 0) is 77.4 Å². The van der Waals surface area contributed by atoms with Gasteiger partial charge in [-0.15, -0.1) is 0 Å². The second kappa shape index (κ2) is 10.7. The van der Waals surface area contributed by atoms with Crippen molar-refractivity contribution < 1.29 is 15.0 Å². The summed E-state index contributed by atoms with van der Waals surface area (Å²) in [6.07, 6.45) is 5.14. The molecule has 42 heavy (non-hydrogen) atoms. The van der Waals surface area contributed by atoms with Crippen LogP contribution in [-0.2, 0) is 0 Å². The van der Waals surface area contributed by atoms with Crippen LogP contribution in [0.2, 0.25) is 0 Å². The molecule has 9 heteroatoms. The number of phenols is 2. The van der Waals surface area contributed by atoms with Crippen molar-refractivity contribution in [2.24, 2.45) is 5.10 Å². The van der Waals surface area contributed by atoms with E-state index in [4.69, 9.17) is 0 Å². The molecule has 2 heterocycles. The normalized spacial score (nSPS) is 11.2. The Labute approximate surface area is 239 Å². The quantitative estimate of drug-likeness (QED) is 0.132. The van der Waals surface area contributed by atoms with Crippen molar-refractivity contribution in [3.63, 3.8) is 0 Å². The maximum atomic E-state index is 12.8. The van der Waals surface area contributed by atoms with Gasteiger partial charge in [0.15, 0.2) is 0 Å². The average molecular weight is 551 g/mol. The van der Waals surface area contributed by atoms with Crippen molar-refractivity contribution in [2.75, 3.05) is 0 Å². The molecule has 0 saturated heterocycles. The van der Waals surface area contributed by atoms with Crippen LogP contribution in [0.25, 0.3) is 21.8 Å². The first-order valence-corrected chi connectivity index (χ1v) is 12.9. The largest absolute Gasteiger partial charge is 0.508 e. The SMILES string of the molecule is N#Cc1ccc2[nH]cc(C(c3ccc(C(=O)N/N=C/c4ccc(O)cc4O)cc3)c3c[nH]c4ccc(C#N)cc34)c2c1. The Kier molecular flexibility index (Phi) is 6.60. The Hall–Kier alpha value is -6.32. The van der Waals surface area contributed by atoms with Gasteiger partial charge in [0.1, 0.15) is 11.5 Å². The number of H-pyrrole nitrogens is 2. The number of phenolic OH excluding ortho intramolecular Hbond substituents is 2. The minimum Gasteiger partial charge on any atom is -0.508 e. The molecular weight excluding hydrogens is 528 g/mol. The molecule has 0 radical (unpaired) electrons. The number of benzene rings is 4. The number of nitriles is 2. The Balaban J connectivity index is 1.37. The number of fused-ring (bicyclic) bond motifs is 2. The number of aromatic amines is 2. The molecule has 0 atom stereocenters. The van der Waals surface area contributed by atoms with E-state index in [-0.39, 0.29) is 17.4 Å². The van der Waals surface area contributed by atoms with Crippen LogP contribution in [0.3, 0.4) is 0 Å². The molecule has 5 N–H and O–H groups in total. The number of rotatable bonds is 6. The van der Waals surface area contributed by atoms with Gasteiger partial charge in [0, 0.05) is 57.3 Å². The van der Waals surface area contributed by atoms with E-state index in [9.17, 15) is 25.5 Å². The molecule has 0 unspecified atom stereocenters. The van der Waals surface area contributed by atoms with Gasteiger partial charge < -0.3 is 20.2 Å². The number of carbonyl (C=O) groups excluding carboxylic acids is 1. The molecule has 0 bridgehead atoms. The number of nitrogens with zero attached hydrogens (tertiary/aromatic N) is 3. The molecule has 202 valence electrons. The van der Waals surface area contributed by atoms with Crippen molar-refractivity contribution in [1.29, 1.82) is 10.5 Å². The highest BCUT2D eigenvalue weighted by atomic mass is 16.3. The lowest BCUT2D eigenvalue weighted by atomic mass is 9.84. The summed E-state index contributed by atoms with van der Waals surface area (Å²) in [6.45, 7) is 0. The van der Waals surface area contributed by atoms with E-state index in [2.05, 4.69) is 32.6 Å². The highest BCUT2D eigenvalue weighted by molar-refractivity contribution is 5.95. The Bertz CT molecular complexity index is 2000. The van der Waals surface area contributed by atoms with E-state index < -0.39 is 5.91 Å². The van der Waals surface area contributed by atoms with Gasteiger partial charge in [-0.2, -0.15) is 15.6 Å². The monoisotopic (exact) mass is 550 g/mol. The summed E-state index contributed by atoms with van der Waals surface area (Å²) in [5.74, 6) is -0.975. The summed E-state index contributed by atoms with van der Waals surface area (Å²) in [5.41, 5.74) is 8.82. The van der Waals surface area contributed by atoms with Crippen LogP contribution >= 0.6 is 0 Å². The van der Waals surface area contributed by atoms with Crippen molar-refractivity contribution in [3.8, 4) is 23.6 Å². The topological polar surface area (TPSA) is 161 Å². The minimum absolute atomic E-state index is 0.0802. The van der Waals surface area contributed by atoms with E-state index in [1.807, 2.05) is 48.8 Å². The highest BCUT2D eigenvalue weighted by Gasteiger charge is 2.24. The fourth-order valence-corrected chi connectivity index (χ4v) is 5.12. The van der Waals surface area contributed by atoms with E-state index >= 15 is 0 Å². The molecule has 6 rings (SSSR count). The molecule has 4 aromatic carbocycles. The van der Waals surface area contributed by atoms with Gasteiger partial charge in [0.25, 0.3) is 5.91 Å². The first-order chi connectivity index (χ1) is 20.4. The van der Waals surface area contributed by atoms with Crippen LogP contribution in [-0.4, -0.2) is 32.3 Å². The fraction of sp³-hybridized carbons (Fsp3) is 0.0303. The van der Waals surface area contributed by atoms with Gasteiger partial charge in [-0.3, -0.25) is 4.79 Å². The van der Waals surface area contributed by atoms with E-state index in [0.717, 1.165) is 38.5 Å². The number of hydrogen-bond donors (Lipinski definition) is 5. The van der Waals surface area contributed by atoms with Crippen molar-refractivity contribution >= 4 is 33.9 Å². The lowest BCUT2D eigenvalue weighted by Crippen LogP contribution is -2.17. The van der Waals surface area contributed by atoms with Crippen molar-refractivity contribution in [2.45, 2.75) is 5.92 Å². The van der Waals surface area contributed by atoms with Gasteiger partial charge in [-0.25, -0.2) is 5.43 Å². The van der Waals surface area contributed by atoms with Crippen molar-refractivity contribution in [1.82, 2.24) is 15.4 Å². The Morgan fingerprint density at radius 3 is 1.95 bits per heavy atom. The maximum Gasteiger partial charge on any atom is 0.271 e. The number of hydrogen-bond acceptors (Lipinski definition) is 6.